The number of hydrogen-bond donors (Lipinski definition) is 1. The number of carbonyl (C=O) groups excluding carboxylic acids is 1. The van der Waals surface area contributed by atoms with Gasteiger partial charge in [0.25, 0.3) is 5.91 Å². The molecule has 1 amide bonds. The van der Waals surface area contributed by atoms with Crippen LogP contribution >= 0.6 is 28.3 Å². The largest absolute Gasteiger partial charge is 0.457 e. The first-order valence-electron chi connectivity index (χ1n) is 4.29. The van der Waals surface area contributed by atoms with Crippen molar-refractivity contribution in [2.75, 3.05) is 27.2 Å². The van der Waals surface area contributed by atoms with Crippen LogP contribution in [0.25, 0.3) is 0 Å². The van der Waals surface area contributed by atoms with E-state index in [1.165, 1.54) is 6.26 Å². The van der Waals surface area contributed by atoms with Crippen LogP contribution in [-0.4, -0.2) is 38.0 Å². The van der Waals surface area contributed by atoms with Gasteiger partial charge in [-0.2, -0.15) is 0 Å². The molecular formula is C9H14BrClN2O2. The summed E-state index contributed by atoms with van der Waals surface area (Å²) in [5.74, 6) is -0.0327. The monoisotopic (exact) mass is 296 g/mol. The molecule has 0 aromatic carbocycles. The van der Waals surface area contributed by atoms with Crippen molar-refractivity contribution >= 4 is 34.2 Å². The number of carbonyl (C=O) groups is 1. The third-order valence-corrected chi connectivity index (χ3v) is 2.27. The van der Waals surface area contributed by atoms with Gasteiger partial charge in [0.1, 0.15) is 6.26 Å². The highest BCUT2D eigenvalue weighted by molar-refractivity contribution is 9.10. The van der Waals surface area contributed by atoms with Crippen LogP contribution in [0.2, 0.25) is 0 Å². The minimum atomic E-state index is -0.0327. The molecule has 15 heavy (non-hydrogen) atoms. The van der Waals surface area contributed by atoms with Gasteiger partial charge in [-0.25, -0.2) is 0 Å². The molecule has 0 bridgehead atoms. The Hall–Kier alpha value is -0.520. The van der Waals surface area contributed by atoms with E-state index < -0.39 is 0 Å². The molecule has 0 aliphatic rings. The summed E-state index contributed by atoms with van der Waals surface area (Å²) in [5, 5.41) is 2.98. The summed E-state index contributed by atoms with van der Waals surface area (Å²) >= 11 is 3.15. The van der Waals surface area contributed by atoms with Crippen molar-refractivity contribution in [2.45, 2.75) is 0 Å². The lowest BCUT2D eigenvalue weighted by molar-refractivity contribution is 0.0796. The topological polar surface area (TPSA) is 45.5 Å². The molecule has 0 saturated heterocycles. The van der Waals surface area contributed by atoms with Gasteiger partial charge in [0.15, 0.2) is 4.67 Å². The van der Waals surface area contributed by atoms with Gasteiger partial charge in [-0.3, -0.25) is 4.79 Å². The van der Waals surface area contributed by atoms with E-state index in [1.54, 1.807) is 18.0 Å². The second-order valence-electron chi connectivity index (χ2n) is 2.97. The van der Waals surface area contributed by atoms with E-state index in [2.05, 4.69) is 21.2 Å². The maximum atomic E-state index is 11.7. The number of halogens is 2. The van der Waals surface area contributed by atoms with E-state index in [1.807, 2.05) is 7.05 Å². The average Bonchev–Trinajstić information content (AvgIpc) is 2.60. The summed E-state index contributed by atoms with van der Waals surface area (Å²) in [7, 11) is 3.62. The summed E-state index contributed by atoms with van der Waals surface area (Å²) in [6.45, 7) is 1.46. The van der Waals surface area contributed by atoms with Gasteiger partial charge in [-0.05, 0) is 23.0 Å². The first-order valence-corrected chi connectivity index (χ1v) is 5.08. The van der Waals surface area contributed by atoms with E-state index in [0.29, 0.717) is 16.8 Å². The number of nitrogens with zero attached hydrogens (tertiary/aromatic N) is 1. The molecule has 1 heterocycles. The van der Waals surface area contributed by atoms with Crippen molar-refractivity contribution in [2.24, 2.45) is 0 Å². The number of amides is 1. The molecule has 0 spiro atoms. The fourth-order valence-electron chi connectivity index (χ4n) is 1.02. The second kappa shape index (κ2) is 6.87. The van der Waals surface area contributed by atoms with E-state index >= 15 is 0 Å². The average molecular weight is 298 g/mol. The standard InChI is InChI=1S/C9H13BrN2O2.ClH/c1-11-3-4-12(2)9(13)7-5-8(10)14-6-7;/h5-6,11H,3-4H2,1-2H3;1H. The minimum Gasteiger partial charge on any atom is -0.457 e. The predicted molar refractivity (Wildman–Crippen MR) is 64.5 cm³/mol. The Bertz CT molecular complexity index is 317. The second-order valence-corrected chi connectivity index (χ2v) is 3.75. The third kappa shape index (κ3) is 4.24. The molecule has 6 heteroatoms. The molecule has 0 aliphatic heterocycles. The lowest BCUT2D eigenvalue weighted by Crippen LogP contribution is -2.32. The molecule has 1 aromatic rings. The Morgan fingerprint density at radius 2 is 2.33 bits per heavy atom. The van der Waals surface area contributed by atoms with Crippen molar-refractivity contribution < 1.29 is 9.21 Å². The van der Waals surface area contributed by atoms with Crippen LogP contribution in [0.4, 0.5) is 0 Å². The molecule has 1 N–H and O–H groups in total. The summed E-state index contributed by atoms with van der Waals surface area (Å²) in [4.78, 5) is 13.3. The highest BCUT2D eigenvalue weighted by atomic mass is 79.9. The number of rotatable bonds is 4. The van der Waals surface area contributed by atoms with Gasteiger partial charge in [0.05, 0.1) is 5.56 Å². The molecule has 0 atom stereocenters. The number of furan rings is 1. The summed E-state index contributed by atoms with van der Waals surface area (Å²) in [5.41, 5.74) is 0.565. The molecule has 0 saturated carbocycles. The van der Waals surface area contributed by atoms with Crippen molar-refractivity contribution in [3.05, 3.63) is 22.6 Å². The number of nitrogens with one attached hydrogen (secondary N) is 1. The highest BCUT2D eigenvalue weighted by Gasteiger charge is 2.13. The fraction of sp³-hybridized carbons (Fsp3) is 0.444. The maximum Gasteiger partial charge on any atom is 0.256 e. The summed E-state index contributed by atoms with van der Waals surface area (Å²) < 4.78 is 5.57. The zero-order chi connectivity index (χ0) is 10.6. The highest BCUT2D eigenvalue weighted by Crippen LogP contribution is 2.15. The van der Waals surface area contributed by atoms with Crippen LogP contribution in [-0.2, 0) is 0 Å². The Kier molecular flexibility index (Phi) is 6.63. The molecule has 0 aliphatic carbocycles. The predicted octanol–water partition coefficient (Wildman–Crippen LogP) is 1.76. The molecule has 1 aromatic heterocycles. The van der Waals surface area contributed by atoms with Gasteiger partial charge < -0.3 is 14.6 Å². The van der Waals surface area contributed by atoms with Crippen LogP contribution in [0.1, 0.15) is 10.4 Å². The molecular weight excluding hydrogens is 283 g/mol. The van der Waals surface area contributed by atoms with Crippen LogP contribution in [0.5, 0.6) is 0 Å². The van der Waals surface area contributed by atoms with Crippen LogP contribution in [0.15, 0.2) is 21.4 Å². The van der Waals surface area contributed by atoms with Gasteiger partial charge in [-0.1, -0.05) is 0 Å². The zero-order valence-corrected chi connectivity index (χ0v) is 11.0. The van der Waals surface area contributed by atoms with Crippen molar-refractivity contribution in [1.29, 1.82) is 0 Å². The Morgan fingerprint density at radius 3 is 2.80 bits per heavy atom. The van der Waals surface area contributed by atoms with E-state index in [0.717, 1.165) is 6.54 Å². The lowest BCUT2D eigenvalue weighted by atomic mass is 10.3. The maximum absolute atomic E-state index is 11.7. The summed E-state index contributed by atoms with van der Waals surface area (Å²) in [6.07, 6.45) is 1.45. The smallest absolute Gasteiger partial charge is 0.256 e. The van der Waals surface area contributed by atoms with Crippen molar-refractivity contribution in [3.8, 4) is 0 Å². The van der Waals surface area contributed by atoms with Crippen molar-refractivity contribution in [1.82, 2.24) is 10.2 Å². The van der Waals surface area contributed by atoms with Gasteiger partial charge in [-0.15, -0.1) is 12.4 Å². The van der Waals surface area contributed by atoms with Gasteiger partial charge >= 0.3 is 0 Å². The third-order valence-electron chi connectivity index (χ3n) is 1.86. The fourth-order valence-corrected chi connectivity index (χ4v) is 1.36. The SMILES string of the molecule is CNCCN(C)C(=O)c1coc(Br)c1.Cl. The Balaban J connectivity index is 0.00000196. The van der Waals surface area contributed by atoms with E-state index in [4.69, 9.17) is 4.42 Å². The van der Waals surface area contributed by atoms with E-state index in [-0.39, 0.29) is 18.3 Å². The normalized spacial score (nSPS) is 9.53. The van der Waals surface area contributed by atoms with Crippen LogP contribution in [0, 0.1) is 0 Å². The van der Waals surface area contributed by atoms with Crippen LogP contribution < -0.4 is 5.32 Å². The number of likely N-dealkylation sites (N-methyl/N-ethyl adjacent to an activating group) is 2. The molecule has 0 fully saturated rings. The Morgan fingerprint density at radius 1 is 1.67 bits per heavy atom. The quantitative estimate of drug-likeness (QED) is 0.921. The first kappa shape index (κ1) is 14.5. The molecule has 0 radical (unpaired) electrons. The first-order chi connectivity index (χ1) is 6.65. The van der Waals surface area contributed by atoms with Gasteiger partial charge in [0.2, 0.25) is 0 Å². The van der Waals surface area contributed by atoms with Gasteiger partial charge in [0, 0.05) is 26.2 Å². The molecule has 86 valence electrons. The minimum absolute atomic E-state index is 0. The van der Waals surface area contributed by atoms with E-state index in [9.17, 15) is 4.79 Å². The van der Waals surface area contributed by atoms with Crippen molar-refractivity contribution in [3.63, 3.8) is 0 Å². The lowest BCUT2D eigenvalue weighted by Gasteiger charge is -2.15. The Labute approximate surface area is 104 Å². The molecule has 0 unspecified atom stereocenters. The van der Waals surface area contributed by atoms with Crippen LogP contribution in [0.3, 0.4) is 0 Å². The summed E-state index contributed by atoms with van der Waals surface area (Å²) in [6, 6.07) is 1.66. The molecule has 4 nitrogen and oxygen atoms in total. The zero-order valence-electron chi connectivity index (χ0n) is 8.62. The number of hydrogen-bond acceptors (Lipinski definition) is 3. The molecule has 1 rings (SSSR count).